The highest BCUT2D eigenvalue weighted by Crippen LogP contribution is 2.47. The minimum atomic E-state index is 0.664. The van der Waals surface area contributed by atoms with Crippen molar-refractivity contribution < 1.29 is 9.47 Å². The van der Waals surface area contributed by atoms with Gasteiger partial charge in [-0.05, 0) is 74.2 Å². The molecule has 3 heteroatoms. The lowest BCUT2D eigenvalue weighted by Crippen LogP contribution is -2.28. The fourth-order valence-corrected chi connectivity index (χ4v) is 4.39. The lowest BCUT2D eigenvalue weighted by molar-refractivity contribution is 0.171. The summed E-state index contributed by atoms with van der Waals surface area (Å²) < 4.78 is 11.2. The van der Waals surface area contributed by atoms with Crippen LogP contribution in [-0.4, -0.2) is 26.3 Å². The highest BCUT2D eigenvalue weighted by molar-refractivity contribution is 5.43. The van der Waals surface area contributed by atoms with Gasteiger partial charge in [-0.25, -0.2) is 0 Å². The molecule has 0 amide bonds. The maximum Gasteiger partial charge on any atom is 0.161 e. The Bertz CT molecular complexity index is 502. The van der Waals surface area contributed by atoms with Crippen LogP contribution in [0.15, 0.2) is 18.2 Å². The molecule has 2 bridgehead atoms. The highest BCUT2D eigenvalue weighted by Gasteiger charge is 2.38. The first-order chi connectivity index (χ1) is 10.4. The van der Waals surface area contributed by atoms with Crippen LogP contribution in [0.2, 0.25) is 0 Å². The molecular weight excluding hydrogens is 262 g/mol. The van der Waals surface area contributed by atoms with Crippen molar-refractivity contribution in [1.29, 1.82) is 0 Å². The summed E-state index contributed by atoms with van der Waals surface area (Å²) in [5.74, 6) is 4.83. The fourth-order valence-electron chi connectivity index (χ4n) is 4.39. The summed E-state index contributed by atoms with van der Waals surface area (Å²) in [4.78, 5) is 0. The molecule has 1 aliphatic heterocycles. The zero-order valence-electron chi connectivity index (χ0n) is 12.6. The predicted octanol–water partition coefficient (Wildman–Crippen LogP) is 3.03. The second-order valence-corrected chi connectivity index (χ2v) is 6.87. The molecule has 0 spiro atoms. The molecule has 1 aromatic carbocycles. The van der Waals surface area contributed by atoms with Crippen molar-refractivity contribution in [3.8, 4) is 11.5 Å². The van der Waals surface area contributed by atoms with Crippen LogP contribution >= 0.6 is 0 Å². The molecule has 1 aromatic rings. The molecular formula is C18H25NO2. The van der Waals surface area contributed by atoms with E-state index in [2.05, 4.69) is 17.4 Å². The Morgan fingerprint density at radius 3 is 2.76 bits per heavy atom. The summed E-state index contributed by atoms with van der Waals surface area (Å²) in [6.45, 7) is 3.61. The maximum atomic E-state index is 5.64. The van der Waals surface area contributed by atoms with Crippen molar-refractivity contribution in [1.82, 2.24) is 5.32 Å². The third-order valence-corrected chi connectivity index (χ3v) is 5.49. The smallest absolute Gasteiger partial charge is 0.161 e. The number of ether oxygens (including phenoxy) is 2. The Morgan fingerprint density at radius 2 is 1.95 bits per heavy atom. The van der Waals surface area contributed by atoms with Gasteiger partial charge in [0.2, 0.25) is 0 Å². The van der Waals surface area contributed by atoms with Crippen molar-refractivity contribution in [3.05, 3.63) is 23.8 Å². The quantitative estimate of drug-likeness (QED) is 0.844. The lowest BCUT2D eigenvalue weighted by atomic mass is 9.89. The van der Waals surface area contributed by atoms with Gasteiger partial charge in [0.05, 0.1) is 0 Å². The van der Waals surface area contributed by atoms with Crippen LogP contribution in [0.25, 0.3) is 0 Å². The largest absolute Gasteiger partial charge is 0.486 e. The lowest BCUT2D eigenvalue weighted by Gasteiger charge is -2.22. The fraction of sp³-hybridized carbons (Fsp3) is 0.667. The van der Waals surface area contributed by atoms with Crippen molar-refractivity contribution in [3.63, 3.8) is 0 Å². The first kappa shape index (κ1) is 13.4. The normalized spacial score (nSPS) is 29.8. The topological polar surface area (TPSA) is 30.5 Å². The number of rotatable bonds is 5. The first-order valence-corrected chi connectivity index (χ1v) is 8.48. The average Bonchev–Trinajstić information content (AvgIpc) is 3.14. The van der Waals surface area contributed by atoms with Gasteiger partial charge in [0.25, 0.3) is 0 Å². The van der Waals surface area contributed by atoms with Crippen LogP contribution < -0.4 is 14.8 Å². The van der Waals surface area contributed by atoms with Gasteiger partial charge in [-0.2, -0.15) is 0 Å². The molecule has 2 aliphatic carbocycles. The van der Waals surface area contributed by atoms with Gasteiger partial charge in [-0.15, -0.1) is 0 Å². The molecule has 3 atom stereocenters. The van der Waals surface area contributed by atoms with Gasteiger partial charge in [0.15, 0.2) is 11.5 Å². The van der Waals surface area contributed by atoms with Gasteiger partial charge >= 0.3 is 0 Å². The van der Waals surface area contributed by atoms with Crippen LogP contribution in [0, 0.1) is 17.8 Å². The van der Waals surface area contributed by atoms with E-state index in [0.29, 0.717) is 13.2 Å². The molecule has 1 N–H and O–H groups in total. The Morgan fingerprint density at radius 1 is 1.05 bits per heavy atom. The van der Waals surface area contributed by atoms with E-state index in [1.165, 1.54) is 37.8 Å². The van der Waals surface area contributed by atoms with Gasteiger partial charge in [0, 0.05) is 0 Å². The summed E-state index contributed by atoms with van der Waals surface area (Å²) in [7, 11) is 0. The number of hydrogen-bond acceptors (Lipinski definition) is 3. The zero-order valence-corrected chi connectivity index (χ0v) is 12.6. The molecule has 0 aromatic heterocycles. The number of nitrogens with one attached hydrogen (secondary N) is 1. The molecule has 2 saturated carbocycles. The van der Waals surface area contributed by atoms with Gasteiger partial charge < -0.3 is 14.8 Å². The Labute approximate surface area is 127 Å². The minimum Gasteiger partial charge on any atom is -0.486 e. The Hall–Kier alpha value is -1.22. The van der Waals surface area contributed by atoms with E-state index in [4.69, 9.17) is 9.47 Å². The van der Waals surface area contributed by atoms with Gasteiger partial charge in [0.1, 0.15) is 13.2 Å². The van der Waals surface area contributed by atoms with E-state index in [1.807, 2.05) is 6.07 Å². The predicted molar refractivity (Wildman–Crippen MR) is 82.9 cm³/mol. The second-order valence-electron chi connectivity index (χ2n) is 6.87. The number of fused-ring (bicyclic) bond motifs is 3. The van der Waals surface area contributed by atoms with Crippen molar-refractivity contribution in [2.45, 2.75) is 32.1 Å². The van der Waals surface area contributed by atoms with E-state index < -0.39 is 0 Å². The van der Waals surface area contributed by atoms with Crippen LogP contribution in [0.1, 0.15) is 31.2 Å². The van der Waals surface area contributed by atoms with Crippen LogP contribution in [0.4, 0.5) is 0 Å². The van der Waals surface area contributed by atoms with Crippen molar-refractivity contribution in [2.75, 3.05) is 26.3 Å². The molecule has 114 valence electrons. The van der Waals surface area contributed by atoms with E-state index in [1.54, 1.807) is 0 Å². The molecule has 4 rings (SSSR count). The minimum absolute atomic E-state index is 0.664. The zero-order chi connectivity index (χ0) is 14.1. The van der Waals surface area contributed by atoms with Crippen molar-refractivity contribution >= 4 is 0 Å². The van der Waals surface area contributed by atoms with Crippen LogP contribution in [-0.2, 0) is 6.42 Å². The molecule has 3 aliphatic rings. The SMILES string of the molecule is c1cc2c(cc1CCNCC1CC3CCC1C3)OCCO2. The molecule has 2 fully saturated rings. The van der Waals surface area contributed by atoms with Crippen LogP contribution in [0.3, 0.4) is 0 Å². The summed E-state index contributed by atoms with van der Waals surface area (Å²) in [5, 5.41) is 3.67. The Kier molecular flexibility index (Phi) is 3.76. The molecule has 21 heavy (non-hydrogen) atoms. The molecule has 3 nitrogen and oxygen atoms in total. The van der Waals surface area contributed by atoms with E-state index >= 15 is 0 Å². The first-order valence-electron chi connectivity index (χ1n) is 8.48. The Balaban J connectivity index is 1.24. The highest BCUT2D eigenvalue weighted by atomic mass is 16.6. The van der Waals surface area contributed by atoms with E-state index in [-0.39, 0.29) is 0 Å². The summed E-state index contributed by atoms with van der Waals surface area (Å²) in [6, 6.07) is 6.33. The summed E-state index contributed by atoms with van der Waals surface area (Å²) in [6.07, 6.45) is 7.03. The standard InChI is InChI=1S/C18H25NO2/c1-3-15-9-14(1)10-16(15)12-19-6-5-13-2-4-17-18(11-13)21-8-7-20-17/h2,4,11,14-16,19H,1,3,5-10,12H2. The maximum absolute atomic E-state index is 5.64. The van der Waals surface area contributed by atoms with E-state index in [0.717, 1.165) is 42.2 Å². The van der Waals surface area contributed by atoms with Gasteiger partial charge in [-0.3, -0.25) is 0 Å². The third-order valence-electron chi connectivity index (χ3n) is 5.49. The number of benzene rings is 1. The van der Waals surface area contributed by atoms with Crippen molar-refractivity contribution in [2.24, 2.45) is 17.8 Å². The summed E-state index contributed by atoms with van der Waals surface area (Å²) >= 11 is 0. The summed E-state index contributed by atoms with van der Waals surface area (Å²) in [5.41, 5.74) is 1.33. The van der Waals surface area contributed by atoms with E-state index in [9.17, 15) is 0 Å². The monoisotopic (exact) mass is 287 g/mol. The second kappa shape index (κ2) is 5.88. The van der Waals surface area contributed by atoms with Gasteiger partial charge in [-0.1, -0.05) is 12.5 Å². The molecule has 1 heterocycles. The third kappa shape index (κ3) is 2.89. The molecule has 0 radical (unpaired) electrons. The molecule has 3 unspecified atom stereocenters. The number of hydrogen-bond donors (Lipinski definition) is 1. The van der Waals surface area contributed by atoms with Crippen LogP contribution in [0.5, 0.6) is 11.5 Å². The average molecular weight is 287 g/mol. The molecule has 0 saturated heterocycles.